The maximum atomic E-state index is 11.5. The van der Waals surface area contributed by atoms with Crippen LogP contribution in [0.3, 0.4) is 0 Å². The van der Waals surface area contributed by atoms with Crippen LogP contribution in [0.4, 0.5) is 0 Å². The van der Waals surface area contributed by atoms with Gasteiger partial charge in [0, 0.05) is 16.5 Å². The molecule has 0 bridgehead atoms. The molecule has 80 valence electrons. The van der Waals surface area contributed by atoms with Crippen molar-refractivity contribution in [3.8, 4) is 0 Å². The molecule has 1 rings (SSSR count). The van der Waals surface area contributed by atoms with Crippen LogP contribution < -0.4 is 5.32 Å². The number of alkyl halides is 1. The maximum absolute atomic E-state index is 11.5. The Morgan fingerprint density at radius 2 is 1.93 bits per heavy atom. The first kappa shape index (κ1) is 12.1. The van der Waals surface area contributed by atoms with Gasteiger partial charge in [0.1, 0.15) is 0 Å². The fourth-order valence-corrected chi connectivity index (χ4v) is 1.27. The lowest BCUT2D eigenvalue weighted by Gasteiger charge is -2.04. The first-order chi connectivity index (χ1) is 7.13. The molecule has 0 atom stereocenters. The Hall–Kier alpha value is -0.990. The lowest BCUT2D eigenvalue weighted by molar-refractivity contribution is 0.0957. The van der Waals surface area contributed by atoms with E-state index in [1.54, 1.807) is 12.1 Å². The van der Waals surface area contributed by atoms with Gasteiger partial charge >= 0.3 is 0 Å². The van der Waals surface area contributed by atoms with E-state index in [0.717, 1.165) is 5.56 Å². The van der Waals surface area contributed by atoms with Crippen molar-refractivity contribution in [2.75, 3.05) is 6.54 Å². The van der Waals surface area contributed by atoms with Gasteiger partial charge < -0.3 is 5.32 Å². The number of carbonyl (C=O) groups is 1. The van der Waals surface area contributed by atoms with Crippen molar-refractivity contribution in [1.82, 2.24) is 5.32 Å². The topological polar surface area (TPSA) is 29.1 Å². The van der Waals surface area contributed by atoms with Gasteiger partial charge in [-0.05, 0) is 17.7 Å². The zero-order valence-electron chi connectivity index (χ0n) is 8.09. The number of amides is 1. The highest BCUT2D eigenvalue weighted by Gasteiger charge is 2.04. The minimum atomic E-state index is -0.169. The Kier molecular flexibility index (Phi) is 4.66. The van der Waals surface area contributed by atoms with E-state index < -0.39 is 0 Å². The summed E-state index contributed by atoms with van der Waals surface area (Å²) in [5, 5.41) is 3.04. The predicted molar refractivity (Wildman–Crippen MR) is 63.3 cm³/mol. The minimum absolute atomic E-state index is 0.169. The second-order valence-electron chi connectivity index (χ2n) is 3.03. The number of carbonyl (C=O) groups excluding carboxylic acids is 1. The second-order valence-corrected chi connectivity index (χ2v) is 3.83. The Balaban J connectivity index is 2.62. The van der Waals surface area contributed by atoms with E-state index in [-0.39, 0.29) is 12.5 Å². The van der Waals surface area contributed by atoms with E-state index in [4.69, 9.17) is 23.2 Å². The van der Waals surface area contributed by atoms with E-state index >= 15 is 0 Å². The van der Waals surface area contributed by atoms with Crippen LogP contribution in [0.5, 0.6) is 0 Å². The average molecular weight is 244 g/mol. The summed E-state index contributed by atoms with van der Waals surface area (Å²) in [4.78, 5) is 11.5. The summed E-state index contributed by atoms with van der Waals surface area (Å²) in [7, 11) is 0. The molecule has 0 fully saturated rings. The molecule has 0 spiro atoms. The third-order valence-corrected chi connectivity index (χ3v) is 2.25. The van der Waals surface area contributed by atoms with Gasteiger partial charge in [-0.1, -0.05) is 30.3 Å². The van der Waals surface area contributed by atoms with Crippen molar-refractivity contribution < 1.29 is 4.79 Å². The molecule has 1 amide bonds. The Bertz CT molecular complexity index is 359. The molecule has 1 aromatic carbocycles. The summed E-state index contributed by atoms with van der Waals surface area (Å²) in [6, 6.07) is 7.09. The van der Waals surface area contributed by atoms with Crippen LogP contribution >= 0.6 is 23.2 Å². The first-order valence-electron chi connectivity index (χ1n) is 4.40. The summed E-state index contributed by atoms with van der Waals surface area (Å²) in [6.07, 6.45) is 0. The fraction of sp³-hybridized carbons (Fsp3) is 0.182. The van der Waals surface area contributed by atoms with Crippen LogP contribution in [0, 0.1) is 0 Å². The molecular formula is C11H11Cl2NO. The van der Waals surface area contributed by atoms with Gasteiger partial charge in [-0.2, -0.15) is 0 Å². The smallest absolute Gasteiger partial charge is 0.251 e. The summed E-state index contributed by atoms with van der Waals surface area (Å²) in [5.74, 6) is 0.276. The SMILES string of the molecule is C=C(Cl)CNC(=O)c1ccc(CCl)cc1. The van der Waals surface area contributed by atoms with E-state index in [1.165, 1.54) is 0 Å². The highest BCUT2D eigenvalue weighted by atomic mass is 35.5. The van der Waals surface area contributed by atoms with Gasteiger partial charge in [0.15, 0.2) is 0 Å². The quantitative estimate of drug-likeness (QED) is 0.810. The Morgan fingerprint density at radius 1 is 1.33 bits per heavy atom. The summed E-state index contributed by atoms with van der Waals surface area (Å²) < 4.78 is 0. The van der Waals surface area contributed by atoms with Crippen LogP contribution in [-0.4, -0.2) is 12.5 Å². The highest BCUT2D eigenvalue weighted by Crippen LogP contribution is 2.07. The van der Waals surface area contributed by atoms with Gasteiger partial charge in [0.25, 0.3) is 5.91 Å². The van der Waals surface area contributed by atoms with Gasteiger partial charge in [-0.15, -0.1) is 11.6 Å². The molecule has 0 aliphatic heterocycles. The predicted octanol–water partition coefficient (Wildman–Crippen LogP) is 2.91. The highest BCUT2D eigenvalue weighted by molar-refractivity contribution is 6.29. The molecule has 0 aliphatic rings. The number of benzene rings is 1. The molecule has 1 aromatic rings. The number of nitrogens with one attached hydrogen (secondary N) is 1. The largest absolute Gasteiger partial charge is 0.347 e. The van der Waals surface area contributed by atoms with Crippen LogP contribution in [0.2, 0.25) is 0 Å². The molecule has 2 nitrogen and oxygen atoms in total. The third-order valence-electron chi connectivity index (χ3n) is 1.81. The lowest BCUT2D eigenvalue weighted by atomic mass is 10.1. The first-order valence-corrected chi connectivity index (χ1v) is 5.31. The molecule has 15 heavy (non-hydrogen) atoms. The maximum Gasteiger partial charge on any atom is 0.251 e. The molecule has 1 N–H and O–H groups in total. The fourth-order valence-electron chi connectivity index (χ4n) is 1.02. The van der Waals surface area contributed by atoms with Gasteiger partial charge in [0.2, 0.25) is 0 Å². The van der Waals surface area contributed by atoms with Crippen LogP contribution in [0.25, 0.3) is 0 Å². The number of hydrogen-bond acceptors (Lipinski definition) is 1. The van der Waals surface area contributed by atoms with Crippen LogP contribution in [-0.2, 0) is 5.88 Å². The molecular weight excluding hydrogens is 233 g/mol. The van der Waals surface area contributed by atoms with Gasteiger partial charge in [-0.3, -0.25) is 4.79 Å². The second kappa shape index (κ2) is 5.79. The van der Waals surface area contributed by atoms with Crippen LogP contribution in [0.15, 0.2) is 35.9 Å². The monoisotopic (exact) mass is 243 g/mol. The van der Waals surface area contributed by atoms with Gasteiger partial charge in [-0.25, -0.2) is 0 Å². The van der Waals surface area contributed by atoms with Crippen molar-refractivity contribution in [3.63, 3.8) is 0 Å². The zero-order valence-corrected chi connectivity index (χ0v) is 9.61. The number of halogens is 2. The molecule has 0 unspecified atom stereocenters. The number of hydrogen-bond donors (Lipinski definition) is 1. The van der Waals surface area contributed by atoms with E-state index in [9.17, 15) is 4.79 Å². The summed E-state index contributed by atoms with van der Waals surface area (Å²) >= 11 is 11.2. The zero-order chi connectivity index (χ0) is 11.3. The molecule has 0 aromatic heterocycles. The van der Waals surface area contributed by atoms with Gasteiger partial charge in [0.05, 0.1) is 6.54 Å². The molecule has 0 radical (unpaired) electrons. The summed E-state index contributed by atoms with van der Waals surface area (Å²) in [6.45, 7) is 3.76. The Labute approximate surface area is 98.9 Å². The minimum Gasteiger partial charge on any atom is -0.347 e. The normalized spacial score (nSPS) is 9.73. The van der Waals surface area contributed by atoms with Crippen molar-refractivity contribution in [3.05, 3.63) is 47.0 Å². The van der Waals surface area contributed by atoms with E-state index in [2.05, 4.69) is 11.9 Å². The standard InChI is InChI=1S/C11H11Cl2NO/c1-8(13)7-14-11(15)10-4-2-9(6-12)3-5-10/h2-5H,1,6-7H2,(H,14,15). The molecule has 4 heteroatoms. The van der Waals surface area contributed by atoms with Crippen molar-refractivity contribution in [2.45, 2.75) is 5.88 Å². The van der Waals surface area contributed by atoms with E-state index in [0.29, 0.717) is 16.5 Å². The summed E-state index contributed by atoms with van der Waals surface area (Å²) in [5.41, 5.74) is 1.57. The van der Waals surface area contributed by atoms with E-state index in [1.807, 2.05) is 12.1 Å². The molecule has 0 saturated heterocycles. The molecule has 0 saturated carbocycles. The molecule has 0 aliphatic carbocycles. The third kappa shape index (κ3) is 3.94. The van der Waals surface area contributed by atoms with Crippen molar-refractivity contribution in [2.24, 2.45) is 0 Å². The van der Waals surface area contributed by atoms with Crippen molar-refractivity contribution in [1.29, 1.82) is 0 Å². The van der Waals surface area contributed by atoms with Crippen molar-refractivity contribution >= 4 is 29.1 Å². The van der Waals surface area contributed by atoms with Crippen LogP contribution in [0.1, 0.15) is 15.9 Å². The Morgan fingerprint density at radius 3 is 2.40 bits per heavy atom. The number of rotatable bonds is 4. The lowest BCUT2D eigenvalue weighted by Crippen LogP contribution is -2.24. The average Bonchev–Trinajstić information content (AvgIpc) is 2.26. The molecule has 0 heterocycles.